The normalized spacial score (nSPS) is 36.6. The minimum absolute atomic E-state index is 0.0736. The maximum atomic E-state index is 6.15. The fraction of sp³-hybridized carbons (Fsp3) is 0.765. The van der Waals surface area contributed by atoms with Gasteiger partial charge in [-0.15, -0.1) is 0 Å². The first kappa shape index (κ1) is 28.2. The van der Waals surface area contributed by atoms with Crippen LogP contribution in [0.5, 0.6) is 5.75 Å². The van der Waals surface area contributed by atoms with Crippen LogP contribution in [0.1, 0.15) is 104 Å². The molecule has 212 valence electrons. The first-order valence-electron chi connectivity index (χ1n) is 15.3. The topological polar surface area (TPSA) is 36.9 Å². The van der Waals surface area contributed by atoms with Crippen molar-refractivity contribution in [2.24, 2.45) is 34.0 Å². The number of fused-ring (bicyclic) bond motifs is 3. The molecule has 1 heterocycles. The fourth-order valence-corrected chi connectivity index (χ4v) is 9.40. The van der Waals surface area contributed by atoms with Crippen molar-refractivity contribution >= 4 is 0 Å². The Balaban J connectivity index is 1.41. The second kappa shape index (κ2) is 11.3. The van der Waals surface area contributed by atoms with E-state index in [4.69, 9.17) is 18.9 Å². The van der Waals surface area contributed by atoms with Crippen molar-refractivity contribution in [3.8, 4) is 5.75 Å². The molecule has 0 bridgehead atoms. The van der Waals surface area contributed by atoms with E-state index < -0.39 is 0 Å². The van der Waals surface area contributed by atoms with Crippen LogP contribution in [0.3, 0.4) is 0 Å². The van der Waals surface area contributed by atoms with Crippen LogP contribution in [0.2, 0.25) is 0 Å². The van der Waals surface area contributed by atoms with Gasteiger partial charge in [-0.1, -0.05) is 51.8 Å². The Kier molecular flexibility index (Phi) is 8.35. The van der Waals surface area contributed by atoms with Crippen LogP contribution < -0.4 is 4.74 Å². The van der Waals surface area contributed by atoms with E-state index in [9.17, 15) is 0 Å². The molecule has 4 nitrogen and oxygen atoms in total. The average molecular weight is 525 g/mol. The smallest absolute Gasteiger partial charge is 0.188 e. The first-order valence-corrected chi connectivity index (χ1v) is 15.3. The zero-order valence-electron chi connectivity index (χ0n) is 24.9. The van der Waals surface area contributed by atoms with Crippen LogP contribution in [-0.2, 0) is 27.2 Å². The van der Waals surface area contributed by atoms with Crippen LogP contribution >= 0.6 is 0 Å². The van der Waals surface area contributed by atoms with E-state index in [0.717, 1.165) is 43.5 Å². The van der Waals surface area contributed by atoms with E-state index in [1.165, 1.54) is 56.1 Å². The van der Waals surface area contributed by atoms with E-state index in [1.807, 2.05) is 0 Å². The molecule has 0 radical (unpaired) electrons. The lowest BCUT2D eigenvalue weighted by Crippen LogP contribution is -2.57. The van der Waals surface area contributed by atoms with Crippen LogP contribution in [0.15, 0.2) is 29.8 Å². The standard InChI is InChI=1S/C34H52O4/c1-24-11-14-30-33(4,18-15-29-32(2,3)16-9-17-34(29,30)5)27(24)21-26-20-25(12-13-28(26)38-23-35-6)22-37-31-10-7-8-19-36-31/h11-13,20,27,29-31H,7-10,14-19,21-23H2,1-6H3/t27-,29+,30+,31?,33+,34+/m1/s1. The van der Waals surface area contributed by atoms with Gasteiger partial charge in [0, 0.05) is 13.7 Å². The van der Waals surface area contributed by atoms with Crippen LogP contribution in [0, 0.1) is 34.0 Å². The zero-order valence-corrected chi connectivity index (χ0v) is 24.9. The molecular formula is C34H52O4. The van der Waals surface area contributed by atoms with Crippen molar-refractivity contribution in [2.45, 2.75) is 112 Å². The minimum atomic E-state index is -0.0736. The highest BCUT2D eigenvalue weighted by Gasteiger charge is 2.60. The van der Waals surface area contributed by atoms with Crippen molar-refractivity contribution in [2.75, 3.05) is 20.5 Å². The molecule has 4 aliphatic rings. The average Bonchev–Trinajstić information content (AvgIpc) is 2.89. The molecule has 5 rings (SSSR count). The summed E-state index contributed by atoms with van der Waals surface area (Å²) in [6.45, 7) is 14.4. The number of benzene rings is 1. The Morgan fingerprint density at radius 3 is 2.55 bits per heavy atom. The fourth-order valence-electron chi connectivity index (χ4n) is 9.40. The SMILES string of the molecule is COCOc1ccc(COC2CCCCO2)cc1C[C@@H]1C(C)=CC[C@H]2[C@@]1(C)CC[C@H]1C(C)(C)CCC[C@]21C. The van der Waals surface area contributed by atoms with Gasteiger partial charge in [-0.25, -0.2) is 0 Å². The number of rotatable bonds is 8. The number of methoxy groups -OCH3 is 1. The molecule has 2 saturated carbocycles. The predicted octanol–water partition coefficient (Wildman–Crippen LogP) is 8.47. The van der Waals surface area contributed by atoms with Crippen molar-refractivity contribution < 1.29 is 18.9 Å². The molecule has 0 spiro atoms. The summed E-state index contributed by atoms with van der Waals surface area (Å²) in [5, 5.41) is 0. The molecule has 1 saturated heterocycles. The van der Waals surface area contributed by atoms with Gasteiger partial charge in [-0.2, -0.15) is 0 Å². The number of ether oxygens (including phenoxy) is 4. The van der Waals surface area contributed by atoms with E-state index in [0.29, 0.717) is 28.8 Å². The van der Waals surface area contributed by atoms with Crippen molar-refractivity contribution in [3.05, 3.63) is 41.0 Å². The molecule has 3 aliphatic carbocycles. The summed E-state index contributed by atoms with van der Waals surface area (Å²) in [5.41, 5.74) is 5.23. The lowest BCUT2D eigenvalue weighted by Gasteiger charge is -2.65. The van der Waals surface area contributed by atoms with Gasteiger partial charge in [0.05, 0.1) is 6.61 Å². The van der Waals surface area contributed by atoms with Crippen LogP contribution in [-0.4, -0.2) is 26.8 Å². The molecule has 1 aliphatic heterocycles. The van der Waals surface area contributed by atoms with Gasteiger partial charge in [-0.3, -0.25) is 0 Å². The highest BCUT2D eigenvalue weighted by Crippen LogP contribution is 2.68. The predicted molar refractivity (Wildman–Crippen MR) is 153 cm³/mol. The van der Waals surface area contributed by atoms with Crippen molar-refractivity contribution in [1.82, 2.24) is 0 Å². The minimum Gasteiger partial charge on any atom is -0.467 e. The molecule has 1 aromatic carbocycles. The van der Waals surface area contributed by atoms with Gasteiger partial charge in [0.2, 0.25) is 0 Å². The molecule has 4 heteroatoms. The summed E-state index contributed by atoms with van der Waals surface area (Å²) in [6.07, 6.45) is 14.9. The third kappa shape index (κ3) is 5.34. The largest absolute Gasteiger partial charge is 0.467 e. The number of allylic oxidation sites excluding steroid dienone is 2. The summed E-state index contributed by atoms with van der Waals surface area (Å²) in [4.78, 5) is 0. The third-order valence-electron chi connectivity index (χ3n) is 11.3. The summed E-state index contributed by atoms with van der Waals surface area (Å²) in [6, 6.07) is 6.59. The lowest BCUT2D eigenvalue weighted by atomic mass is 9.39. The molecule has 1 aromatic rings. The maximum absolute atomic E-state index is 6.15. The lowest BCUT2D eigenvalue weighted by molar-refractivity contribution is -0.168. The van der Waals surface area contributed by atoms with Crippen LogP contribution in [0.25, 0.3) is 0 Å². The molecular weight excluding hydrogens is 472 g/mol. The molecule has 0 amide bonds. The monoisotopic (exact) mass is 524 g/mol. The van der Waals surface area contributed by atoms with Gasteiger partial charge >= 0.3 is 0 Å². The van der Waals surface area contributed by atoms with Gasteiger partial charge in [0.25, 0.3) is 0 Å². The highest BCUT2D eigenvalue weighted by molar-refractivity contribution is 5.39. The summed E-state index contributed by atoms with van der Waals surface area (Å²) in [5.74, 6) is 3.03. The Morgan fingerprint density at radius 2 is 1.79 bits per heavy atom. The molecule has 38 heavy (non-hydrogen) atoms. The third-order valence-corrected chi connectivity index (χ3v) is 11.3. The second-order valence-corrected chi connectivity index (χ2v) is 14.0. The van der Waals surface area contributed by atoms with E-state index in [-0.39, 0.29) is 13.1 Å². The number of hydrogen-bond donors (Lipinski definition) is 0. The van der Waals surface area contributed by atoms with Crippen LogP contribution in [0.4, 0.5) is 0 Å². The zero-order chi connectivity index (χ0) is 27.0. The van der Waals surface area contributed by atoms with Crippen molar-refractivity contribution in [3.63, 3.8) is 0 Å². The Labute approximate surface area is 231 Å². The van der Waals surface area contributed by atoms with Gasteiger partial charge < -0.3 is 18.9 Å². The molecule has 0 N–H and O–H groups in total. The highest BCUT2D eigenvalue weighted by atomic mass is 16.7. The second-order valence-electron chi connectivity index (χ2n) is 14.0. The quantitative estimate of drug-likeness (QED) is 0.252. The number of hydrogen-bond acceptors (Lipinski definition) is 4. The van der Waals surface area contributed by atoms with E-state index in [2.05, 4.69) is 58.9 Å². The van der Waals surface area contributed by atoms with Gasteiger partial charge in [0.15, 0.2) is 13.1 Å². The molecule has 6 atom stereocenters. The Bertz CT molecular complexity index is 992. The Hall–Kier alpha value is -1.36. The van der Waals surface area contributed by atoms with Crippen molar-refractivity contribution in [1.29, 1.82) is 0 Å². The van der Waals surface area contributed by atoms with Gasteiger partial charge in [0.1, 0.15) is 5.75 Å². The summed E-state index contributed by atoms with van der Waals surface area (Å²) < 4.78 is 23.4. The molecule has 0 aromatic heterocycles. The summed E-state index contributed by atoms with van der Waals surface area (Å²) >= 11 is 0. The maximum Gasteiger partial charge on any atom is 0.188 e. The van der Waals surface area contributed by atoms with E-state index >= 15 is 0 Å². The first-order chi connectivity index (χ1) is 18.2. The Morgan fingerprint density at radius 1 is 0.947 bits per heavy atom. The molecule has 3 fully saturated rings. The summed E-state index contributed by atoms with van der Waals surface area (Å²) in [7, 11) is 1.69. The van der Waals surface area contributed by atoms with Gasteiger partial charge in [-0.05, 0) is 122 Å². The van der Waals surface area contributed by atoms with E-state index in [1.54, 1.807) is 12.7 Å². The molecule has 1 unspecified atom stereocenters.